The van der Waals surface area contributed by atoms with Crippen molar-refractivity contribution in [1.29, 1.82) is 0 Å². The first kappa shape index (κ1) is 19.6. The molecule has 0 saturated carbocycles. The van der Waals surface area contributed by atoms with E-state index in [1.165, 1.54) is 0 Å². The number of alkyl halides is 3. The van der Waals surface area contributed by atoms with Gasteiger partial charge in [0.2, 0.25) is 5.91 Å². The van der Waals surface area contributed by atoms with Gasteiger partial charge in [-0.05, 0) is 0 Å². The van der Waals surface area contributed by atoms with E-state index in [1.807, 2.05) is 0 Å². The number of epoxide rings is 1. The smallest absolute Gasteiger partial charge is 0.480 e. The van der Waals surface area contributed by atoms with Gasteiger partial charge in [-0.25, -0.2) is 4.79 Å². The second-order valence-corrected chi connectivity index (χ2v) is 3.87. The van der Waals surface area contributed by atoms with Gasteiger partial charge in [0.15, 0.2) is 12.2 Å². The summed E-state index contributed by atoms with van der Waals surface area (Å²) in [6.07, 6.45) is -6.91. The molecule has 0 radical (unpaired) electrons. The van der Waals surface area contributed by atoms with Crippen LogP contribution >= 0.6 is 0 Å². The summed E-state index contributed by atoms with van der Waals surface area (Å²) in [5.41, 5.74) is 10.0. The van der Waals surface area contributed by atoms with Gasteiger partial charge < -0.3 is 31.7 Å². The summed E-state index contributed by atoms with van der Waals surface area (Å²) in [7, 11) is 0. The minimum absolute atomic E-state index is 0.223. The molecule has 0 aromatic rings. The van der Waals surface area contributed by atoms with Crippen LogP contribution < -0.4 is 16.8 Å². The maximum Gasteiger partial charge on any atom is 0.490 e. The molecule has 0 aromatic heterocycles. The minimum Gasteiger partial charge on any atom is -0.480 e. The Labute approximate surface area is 120 Å². The van der Waals surface area contributed by atoms with Crippen LogP contribution in [0.25, 0.3) is 0 Å². The zero-order valence-corrected chi connectivity index (χ0v) is 10.7. The SMILES string of the molecule is NC(=O)C1OC1C(=O)NC[C@H](N)C(=O)O.O=C(O)C(F)(F)F. The van der Waals surface area contributed by atoms with Crippen LogP contribution in [0.2, 0.25) is 0 Å². The van der Waals surface area contributed by atoms with Crippen LogP contribution in [0.5, 0.6) is 0 Å². The van der Waals surface area contributed by atoms with E-state index in [4.69, 9.17) is 26.5 Å². The van der Waals surface area contributed by atoms with Crippen LogP contribution in [-0.4, -0.2) is 64.9 Å². The molecule has 10 nitrogen and oxygen atoms in total. The average molecular weight is 331 g/mol. The molecule has 3 atom stereocenters. The quantitative estimate of drug-likeness (QED) is 0.339. The molecule has 2 unspecified atom stereocenters. The average Bonchev–Trinajstić information content (AvgIpc) is 3.15. The summed E-state index contributed by atoms with van der Waals surface area (Å²) in [6.45, 7) is -0.223. The number of amides is 2. The highest BCUT2D eigenvalue weighted by Crippen LogP contribution is 2.21. The molecule has 0 spiro atoms. The number of rotatable bonds is 5. The predicted octanol–water partition coefficient (Wildman–Crippen LogP) is -2.60. The van der Waals surface area contributed by atoms with E-state index in [1.54, 1.807) is 0 Å². The Kier molecular flexibility index (Phi) is 6.73. The van der Waals surface area contributed by atoms with E-state index in [9.17, 15) is 27.6 Å². The number of carboxylic acid groups (broad SMARTS) is 2. The Bertz CT molecular complexity index is 468. The van der Waals surface area contributed by atoms with Crippen LogP contribution in [0.15, 0.2) is 0 Å². The van der Waals surface area contributed by atoms with Gasteiger partial charge in [0.05, 0.1) is 0 Å². The van der Waals surface area contributed by atoms with Crippen molar-refractivity contribution in [3.8, 4) is 0 Å². The van der Waals surface area contributed by atoms with E-state index in [-0.39, 0.29) is 6.54 Å². The number of aliphatic carboxylic acids is 2. The number of carbonyl (C=O) groups is 4. The molecule has 7 N–H and O–H groups in total. The normalized spacial score (nSPS) is 20.9. The van der Waals surface area contributed by atoms with Crippen molar-refractivity contribution in [1.82, 2.24) is 5.32 Å². The lowest BCUT2D eigenvalue weighted by Gasteiger charge is -2.06. The highest BCUT2D eigenvalue weighted by atomic mass is 19.4. The van der Waals surface area contributed by atoms with Crippen molar-refractivity contribution in [2.45, 2.75) is 24.4 Å². The molecule has 22 heavy (non-hydrogen) atoms. The third-order valence-electron chi connectivity index (χ3n) is 2.09. The van der Waals surface area contributed by atoms with Crippen molar-refractivity contribution in [3.63, 3.8) is 0 Å². The van der Waals surface area contributed by atoms with Crippen LogP contribution in [0.4, 0.5) is 13.2 Å². The van der Waals surface area contributed by atoms with Crippen LogP contribution in [0, 0.1) is 0 Å². The highest BCUT2D eigenvalue weighted by molar-refractivity contribution is 5.94. The Balaban J connectivity index is 0.000000534. The summed E-state index contributed by atoms with van der Waals surface area (Å²) in [5, 5.41) is 17.8. The van der Waals surface area contributed by atoms with Crippen LogP contribution in [-0.2, 0) is 23.9 Å². The Morgan fingerprint density at radius 3 is 1.91 bits per heavy atom. The zero-order chi connectivity index (χ0) is 17.7. The molecule has 0 bridgehead atoms. The maximum atomic E-state index is 11.2. The number of halogens is 3. The summed E-state index contributed by atoms with van der Waals surface area (Å²) < 4.78 is 36.4. The van der Waals surface area contributed by atoms with Gasteiger partial charge in [-0.1, -0.05) is 0 Å². The number of nitrogens with two attached hydrogens (primary N) is 2. The van der Waals surface area contributed by atoms with Gasteiger partial charge >= 0.3 is 18.1 Å². The van der Waals surface area contributed by atoms with Gasteiger partial charge in [-0.3, -0.25) is 14.4 Å². The molecule has 2 amide bonds. The third-order valence-corrected chi connectivity index (χ3v) is 2.09. The monoisotopic (exact) mass is 331 g/mol. The Morgan fingerprint density at radius 2 is 1.64 bits per heavy atom. The molecule has 1 aliphatic heterocycles. The molecule has 1 fully saturated rings. The van der Waals surface area contributed by atoms with E-state index in [0.29, 0.717) is 0 Å². The van der Waals surface area contributed by atoms with Gasteiger partial charge in [0, 0.05) is 6.54 Å². The molecule has 13 heteroatoms. The molecule has 126 valence electrons. The number of carbonyl (C=O) groups excluding carboxylic acids is 2. The molecule has 1 aliphatic rings. The first-order valence-electron chi connectivity index (χ1n) is 5.39. The van der Waals surface area contributed by atoms with Gasteiger partial charge in [0.1, 0.15) is 6.04 Å². The summed E-state index contributed by atoms with van der Waals surface area (Å²) in [5.74, 6) is -5.29. The number of ether oxygens (including phenoxy) is 1. The Morgan fingerprint density at radius 1 is 1.18 bits per heavy atom. The van der Waals surface area contributed by atoms with E-state index in [0.717, 1.165) is 0 Å². The van der Waals surface area contributed by atoms with Crippen LogP contribution in [0.3, 0.4) is 0 Å². The van der Waals surface area contributed by atoms with E-state index in [2.05, 4.69) is 10.1 Å². The van der Waals surface area contributed by atoms with Gasteiger partial charge in [0.25, 0.3) is 5.91 Å². The number of nitrogens with one attached hydrogen (secondary N) is 1. The molecular weight excluding hydrogens is 319 g/mol. The lowest BCUT2D eigenvalue weighted by atomic mass is 10.2. The minimum atomic E-state index is -5.08. The van der Waals surface area contributed by atoms with Crippen LogP contribution in [0.1, 0.15) is 0 Å². The van der Waals surface area contributed by atoms with E-state index < -0.39 is 48.2 Å². The van der Waals surface area contributed by atoms with Crippen molar-refractivity contribution in [2.24, 2.45) is 11.5 Å². The third kappa shape index (κ3) is 6.85. The Hall–Kier alpha value is -2.41. The summed E-state index contributed by atoms with van der Waals surface area (Å²) in [4.78, 5) is 40.9. The fraction of sp³-hybridized carbons (Fsp3) is 0.556. The molecular formula is C9H12F3N3O7. The second-order valence-electron chi connectivity index (χ2n) is 3.87. The highest BCUT2D eigenvalue weighted by Gasteiger charge is 2.49. The fourth-order valence-electron chi connectivity index (χ4n) is 0.927. The molecule has 1 heterocycles. The lowest BCUT2D eigenvalue weighted by molar-refractivity contribution is -0.192. The number of hydrogen-bond donors (Lipinski definition) is 5. The largest absolute Gasteiger partial charge is 0.490 e. The first-order valence-corrected chi connectivity index (χ1v) is 5.39. The van der Waals surface area contributed by atoms with Crippen molar-refractivity contribution in [2.75, 3.05) is 6.54 Å². The van der Waals surface area contributed by atoms with Crippen molar-refractivity contribution in [3.05, 3.63) is 0 Å². The maximum absolute atomic E-state index is 11.2. The number of primary amides is 1. The van der Waals surface area contributed by atoms with Gasteiger partial charge in [-0.2, -0.15) is 13.2 Å². The molecule has 1 rings (SSSR count). The number of carboxylic acids is 2. The topological polar surface area (TPSA) is 185 Å². The zero-order valence-electron chi connectivity index (χ0n) is 10.7. The summed E-state index contributed by atoms with van der Waals surface area (Å²) >= 11 is 0. The second kappa shape index (κ2) is 7.56. The standard InChI is InChI=1S/C7H11N3O5.C2HF3O2/c8-2(7(13)14)1-10-6(12)4-3(15-4)5(9)11;3-2(4,5)1(6)7/h2-4H,1,8H2,(H2,9,11)(H,10,12)(H,13,14);(H,6,7)/t2-,3?,4?;/m0./s1. The summed E-state index contributed by atoms with van der Waals surface area (Å²) in [6, 6.07) is -1.18. The number of hydrogen-bond acceptors (Lipinski definition) is 6. The first-order chi connectivity index (χ1) is 9.87. The molecule has 1 saturated heterocycles. The predicted molar refractivity (Wildman–Crippen MR) is 60.2 cm³/mol. The van der Waals surface area contributed by atoms with Gasteiger partial charge in [-0.15, -0.1) is 0 Å². The lowest BCUT2D eigenvalue weighted by Crippen LogP contribution is -2.44. The van der Waals surface area contributed by atoms with Crippen molar-refractivity contribution < 1.29 is 47.3 Å². The fourth-order valence-corrected chi connectivity index (χ4v) is 0.927. The van der Waals surface area contributed by atoms with E-state index >= 15 is 0 Å². The van der Waals surface area contributed by atoms with Crippen molar-refractivity contribution >= 4 is 23.8 Å². The molecule has 0 aliphatic carbocycles. The molecule has 0 aromatic carbocycles.